The molecule has 0 bridgehead atoms. The Bertz CT molecular complexity index is 423. The third-order valence-electron chi connectivity index (χ3n) is 5.33. The van der Waals surface area contributed by atoms with Crippen molar-refractivity contribution in [1.29, 1.82) is 0 Å². The molecule has 0 amide bonds. The molecule has 0 aliphatic heterocycles. The molecule has 0 radical (unpaired) electrons. The number of nitrogens with zero attached hydrogens (tertiary/aromatic N) is 1. The summed E-state index contributed by atoms with van der Waals surface area (Å²) in [5, 5.41) is 10.1. The maximum Gasteiger partial charge on any atom is 0.0807 e. The van der Waals surface area contributed by atoms with Gasteiger partial charge in [0.1, 0.15) is 0 Å². The van der Waals surface area contributed by atoms with Gasteiger partial charge in [0.15, 0.2) is 0 Å². The Balaban J connectivity index is 1.92. The summed E-state index contributed by atoms with van der Waals surface area (Å²) in [5.74, 6) is 1.59. The molecular formula is C16H25NO. The van der Waals surface area contributed by atoms with E-state index in [1.165, 1.54) is 30.5 Å². The van der Waals surface area contributed by atoms with Gasteiger partial charge in [0.2, 0.25) is 0 Å². The average molecular weight is 247 g/mol. The standard InChI is InChI=1S/C16H25NO/c1-11-5-3-6-14(12(11)2)17-10-9-13-15(17)7-4-8-16(13)18/h9-12,14,16,18H,3-8H2,1-2H3. The van der Waals surface area contributed by atoms with Crippen molar-refractivity contribution in [3.63, 3.8) is 0 Å². The molecule has 0 spiro atoms. The molecule has 1 N–H and O–H groups in total. The van der Waals surface area contributed by atoms with Crippen LogP contribution in [-0.4, -0.2) is 9.67 Å². The van der Waals surface area contributed by atoms with E-state index in [4.69, 9.17) is 0 Å². The highest BCUT2D eigenvalue weighted by Crippen LogP contribution is 2.41. The first-order valence-electron chi connectivity index (χ1n) is 7.56. The Morgan fingerprint density at radius 3 is 2.83 bits per heavy atom. The Kier molecular flexibility index (Phi) is 3.23. The van der Waals surface area contributed by atoms with Crippen LogP contribution in [0.15, 0.2) is 12.3 Å². The minimum atomic E-state index is -0.216. The van der Waals surface area contributed by atoms with Crippen molar-refractivity contribution in [1.82, 2.24) is 4.57 Å². The third kappa shape index (κ3) is 1.91. The molecule has 0 saturated heterocycles. The van der Waals surface area contributed by atoms with Crippen LogP contribution in [0, 0.1) is 11.8 Å². The lowest BCUT2D eigenvalue weighted by Crippen LogP contribution is -2.28. The molecule has 2 nitrogen and oxygen atoms in total. The number of aromatic nitrogens is 1. The Morgan fingerprint density at radius 1 is 1.17 bits per heavy atom. The third-order valence-corrected chi connectivity index (χ3v) is 5.33. The number of rotatable bonds is 1. The molecule has 2 aliphatic rings. The first-order valence-corrected chi connectivity index (χ1v) is 7.56. The van der Waals surface area contributed by atoms with E-state index < -0.39 is 0 Å². The van der Waals surface area contributed by atoms with Crippen molar-refractivity contribution in [3.05, 3.63) is 23.5 Å². The van der Waals surface area contributed by atoms with Gasteiger partial charge in [0.25, 0.3) is 0 Å². The summed E-state index contributed by atoms with van der Waals surface area (Å²) in [4.78, 5) is 0. The van der Waals surface area contributed by atoms with Gasteiger partial charge in [-0.3, -0.25) is 0 Å². The average Bonchev–Trinajstić information content (AvgIpc) is 2.78. The quantitative estimate of drug-likeness (QED) is 0.801. The summed E-state index contributed by atoms with van der Waals surface area (Å²) in [7, 11) is 0. The molecule has 2 aliphatic carbocycles. The Hall–Kier alpha value is -0.760. The predicted octanol–water partition coefficient (Wildman–Crippen LogP) is 3.86. The van der Waals surface area contributed by atoms with E-state index in [2.05, 4.69) is 30.7 Å². The number of hydrogen-bond acceptors (Lipinski definition) is 1. The van der Waals surface area contributed by atoms with Gasteiger partial charge < -0.3 is 9.67 Å². The maximum absolute atomic E-state index is 10.1. The Labute approximate surface area is 110 Å². The molecule has 1 fully saturated rings. The van der Waals surface area contributed by atoms with Gasteiger partial charge in [0, 0.05) is 23.5 Å². The zero-order valence-corrected chi connectivity index (χ0v) is 11.6. The second kappa shape index (κ2) is 4.73. The lowest BCUT2D eigenvalue weighted by atomic mass is 9.77. The van der Waals surface area contributed by atoms with Gasteiger partial charge in [-0.25, -0.2) is 0 Å². The van der Waals surface area contributed by atoms with Crippen LogP contribution in [0.3, 0.4) is 0 Å². The Morgan fingerprint density at radius 2 is 2.00 bits per heavy atom. The molecule has 2 heteroatoms. The summed E-state index contributed by atoms with van der Waals surface area (Å²) in [6, 6.07) is 2.81. The van der Waals surface area contributed by atoms with Crippen LogP contribution in [0.25, 0.3) is 0 Å². The van der Waals surface area contributed by atoms with E-state index in [-0.39, 0.29) is 6.10 Å². The van der Waals surface area contributed by atoms with Gasteiger partial charge in [0.05, 0.1) is 6.10 Å². The highest BCUT2D eigenvalue weighted by atomic mass is 16.3. The molecule has 4 atom stereocenters. The van der Waals surface area contributed by atoms with Gasteiger partial charge in [-0.05, 0) is 43.6 Å². The first-order chi connectivity index (χ1) is 8.68. The first kappa shape index (κ1) is 12.3. The summed E-state index contributed by atoms with van der Waals surface area (Å²) in [6.45, 7) is 4.79. The van der Waals surface area contributed by atoms with E-state index in [0.29, 0.717) is 6.04 Å². The molecule has 3 rings (SSSR count). The number of fused-ring (bicyclic) bond motifs is 1. The fourth-order valence-electron chi connectivity index (χ4n) is 3.95. The van der Waals surface area contributed by atoms with Crippen molar-refractivity contribution in [2.24, 2.45) is 11.8 Å². The SMILES string of the molecule is CC1CCCC(n2ccc3c2CCCC3O)C1C. The van der Waals surface area contributed by atoms with Crippen LogP contribution >= 0.6 is 0 Å². The molecule has 1 saturated carbocycles. The zero-order chi connectivity index (χ0) is 12.7. The minimum absolute atomic E-state index is 0.216. The summed E-state index contributed by atoms with van der Waals surface area (Å²) >= 11 is 0. The minimum Gasteiger partial charge on any atom is -0.388 e. The number of aliphatic hydroxyl groups is 1. The normalized spacial score (nSPS) is 36.4. The second-order valence-electron chi connectivity index (χ2n) is 6.37. The van der Waals surface area contributed by atoms with Crippen LogP contribution in [0.5, 0.6) is 0 Å². The number of aliphatic hydroxyl groups excluding tert-OH is 1. The van der Waals surface area contributed by atoms with Crippen molar-refractivity contribution in [2.45, 2.75) is 64.5 Å². The zero-order valence-electron chi connectivity index (χ0n) is 11.6. The van der Waals surface area contributed by atoms with Crippen molar-refractivity contribution >= 4 is 0 Å². The van der Waals surface area contributed by atoms with E-state index in [1.54, 1.807) is 0 Å². The molecule has 1 aromatic rings. The topological polar surface area (TPSA) is 25.2 Å². The summed E-state index contributed by atoms with van der Waals surface area (Å²) in [5.41, 5.74) is 2.62. The summed E-state index contributed by atoms with van der Waals surface area (Å²) in [6.07, 6.45) is 9.28. The summed E-state index contributed by atoms with van der Waals surface area (Å²) < 4.78 is 2.50. The molecule has 18 heavy (non-hydrogen) atoms. The van der Waals surface area contributed by atoms with E-state index >= 15 is 0 Å². The van der Waals surface area contributed by atoms with E-state index in [9.17, 15) is 5.11 Å². The second-order valence-corrected chi connectivity index (χ2v) is 6.37. The molecule has 1 aromatic heterocycles. The fraction of sp³-hybridized carbons (Fsp3) is 0.750. The molecule has 0 aromatic carbocycles. The van der Waals surface area contributed by atoms with Gasteiger partial charge in [-0.2, -0.15) is 0 Å². The van der Waals surface area contributed by atoms with Crippen molar-refractivity contribution in [2.75, 3.05) is 0 Å². The van der Waals surface area contributed by atoms with Crippen molar-refractivity contribution < 1.29 is 5.11 Å². The van der Waals surface area contributed by atoms with Crippen LogP contribution in [0.2, 0.25) is 0 Å². The number of hydrogen-bond donors (Lipinski definition) is 1. The van der Waals surface area contributed by atoms with Crippen LogP contribution in [0.1, 0.15) is 69.4 Å². The highest BCUT2D eigenvalue weighted by Gasteiger charge is 2.31. The van der Waals surface area contributed by atoms with Crippen LogP contribution < -0.4 is 0 Å². The highest BCUT2D eigenvalue weighted by molar-refractivity contribution is 5.28. The van der Waals surface area contributed by atoms with E-state index in [0.717, 1.165) is 31.1 Å². The van der Waals surface area contributed by atoms with Crippen LogP contribution in [0.4, 0.5) is 0 Å². The lowest BCUT2D eigenvalue weighted by Gasteiger charge is -2.37. The maximum atomic E-state index is 10.1. The lowest BCUT2D eigenvalue weighted by molar-refractivity contribution is 0.150. The molecular weight excluding hydrogens is 222 g/mol. The fourth-order valence-corrected chi connectivity index (χ4v) is 3.95. The van der Waals surface area contributed by atoms with Gasteiger partial charge in [-0.1, -0.05) is 26.7 Å². The van der Waals surface area contributed by atoms with Gasteiger partial charge in [-0.15, -0.1) is 0 Å². The van der Waals surface area contributed by atoms with E-state index in [1.807, 2.05) is 0 Å². The molecule has 1 heterocycles. The van der Waals surface area contributed by atoms with Crippen LogP contribution in [-0.2, 0) is 6.42 Å². The molecule has 4 unspecified atom stereocenters. The predicted molar refractivity (Wildman–Crippen MR) is 73.5 cm³/mol. The van der Waals surface area contributed by atoms with Crippen molar-refractivity contribution in [3.8, 4) is 0 Å². The smallest absolute Gasteiger partial charge is 0.0807 e. The molecule has 100 valence electrons. The monoisotopic (exact) mass is 247 g/mol. The van der Waals surface area contributed by atoms with Gasteiger partial charge >= 0.3 is 0 Å². The largest absolute Gasteiger partial charge is 0.388 e.